The highest BCUT2D eigenvalue weighted by Crippen LogP contribution is 2.17. The molecule has 128 valence electrons. The Balaban J connectivity index is 1.83. The number of hydrogen-bond donors (Lipinski definition) is 0. The van der Waals surface area contributed by atoms with Crippen molar-refractivity contribution in [2.45, 2.75) is 13.1 Å². The summed E-state index contributed by atoms with van der Waals surface area (Å²) in [6, 6.07) is 21.4. The molecule has 4 heteroatoms. The Morgan fingerprint density at radius 3 is 2.20 bits per heavy atom. The lowest BCUT2D eigenvalue weighted by Gasteiger charge is -2.22. The lowest BCUT2D eigenvalue weighted by Crippen LogP contribution is -2.30. The van der Waals surface area contributed by atoms with Gasteiger partial charge in [-0.3, -0.25) is 4.79 Å². The van der Waals surface area contributed by atoms with Crippen molar-refractivity contribution < 1.29 is 9.21 Å². The molecule has 0 radical (unpaired) electrons. The minimum Gasteiger partial charge on any atom is -0.467 e. The SMILES string of the molecule is CN(C)c1ccc(C(=O)N(Cc2ccccc2)Cc2ccco2)cc1. The summed E-state index contributed by atoms with van der Waals surface area (Å²) in [5.41, 5.74) is 2.83. The molecule has 0 saturated heterocycles. The van der Waals surface area contributed by atoms with Crippen LogP contribution >= 0.6 is 0 Å². The Hall–Kier alpha value is -3.01. The van der Waals surface area contributed by atoms with E-state index < -0.39 is 0 Å². The van der Waals surface area contributed by atoms with E-state index in [9.17, 15) is 4.79 Å². The molecule has 1 amide bonds. The Labute approximate surface area is 148 Å². The van der Waals surface area contributed by atoms with Gasteiger partial charge in [0.15, 0.2) is 0 Å². The second-order valence-corrected chi connectivity index (χ2v) is 6.17. The van der Waals surface area contributed by atoms with Crippen molar-refractivity contribution in [3.05, 3.63) is 89.9 Å². The normalized spacial score (nSPS) is 10.5. The van der Waals surface area contributed by atoms with E-state index in [0.717, 1.165) is 17.0 Å². The summed E-state index contributed by atoms with van der Waals surface area (Å²) in [4.78, 5) is 16.8. The van der Waals surface area contributed by atoms with Gasteiger partial charge in [-0.05, 0) is 42.0 Å². The molecule has 0 fully saturated rings. The number of nitrogens with zero attached hydrogens (tertiary/aromatic N) is 2. The maximum absolute atomic E-state index is 13.0. The van der Waals surface area contributed by atoms with Crippen molar-refractivity contribution in [1.82, 2.24) is 4.90 Å². The van der Waals surface area contributed by atoms with Gasteiger partial charge in [-0.1, -0.05) is 30.3 Å². The van der Waals surface area contributed by atoms with Gasteiger partial charge in [0.2, 0.25) is 0 Å². The maximum atomic E-state index is 13.0. The Bertz CT molecular complexity index is 794. The van der Waals surface area contributed by atoms with Crippen LogP contribution in [0.1, 0.15) is 21.7 Å². The van der Waals surface area contributed by atoms with Crippen LogP contribution in [-0.4, -0.2) is 24.9 Å². The zero-order chi connectivity index (χ0) is 17.6. The molecule has 4 nitrogen and oxygen atoms in total. The molecule has 0 unspecified atom stereocenters. The van der Waals surface area contributed by atoms with Crippen molar-refractivity contribution >= 4 is 11.6 Å². The predicted molar refractivity (Wildman–Crippen MR) is 99.5 cm³/mol. The fraction of sp³-hybridized carbons (Fsp3) is 0.190. The van der Waals surface area contributed by atoms with Crippen molar-refractivity contribution in [1.29, 1.82) is 0 Å². The highest BCUT2D eigenvalue weighted by Gasteiger charge is 2.18. The summed E-state index contributed by atoms with van der Waals surface area (Å²) in [5, 5.41) is 0. The van der Waals surface area contributed by atoms with Crippen LogP contribution in [0.5, 0.6) is 0 Å². The van der Waals surface area contributed by atoms with Gasteiger partial charge in [-0.25, -0.2) is 0 Å². The van der Waals surface area contributed by atoms with Crippen LogP contribution in [0.3, 0.4) is 0 Å². The summed E-state index contributed by atoms with van der Waals surface area (Å²) in [6.45, 7) is 0.978. The Morgan fingerprint density at radius 1 is 0.880 bits per heavy atom. The fourth-order valence-corrected chi connectivity index (χ4v) is 2.68. The number of carbonyl (C=O) groups excluding carboxylic acids is 1. The van der Waals surface area contributed by atoms with Crippen LogP contribution in [-0.2, 0) is 13.1 Å². The van der Waals surface area contributed by atoms with Crippen LogP contribution in [0.4, 0.5) is 5.69 Å². The van der Waals surface area contributed by atoms with E-state index in [-0.39, 0.29) is 5.91 Å². The Morgan fingerprint density at radius 2 is 1.60 bits per heavy atom. The molecule has 0 saturated carbocycles. The van der Waals surface area contributed by atoms with Crippen LogP contribution in [0.2, 0.25) is 0 Å². The first kappa shape index (κ1) is 16.8. The average Bonchev–Trinajstić information content (AvgIpc) is 3.14. The molecule has 2 aromatic carbocycles. The first-order valence-corrected chi connectivity index (χ1v) is 8.26. The molecule has 0 bridgehead atoms. The second-order valence-electron chi connectivity index (χ2n) is 6.17. The summed E-state index contributed by atoms with van der Waals surface area (Å²) >= 11 is 0. The zero-order valence-electron chi connectivity index (χ0n) is 14.6. The molecule has 1 aromatic heterocycles. The molecular formula is C21H22N2O2. The third-order valence-electron chi connectivity index (χ3n) is 4.06. The minimum atomic E-state index is -0.00874. The number of anilines is 1. The first-order chi connectivity index (χ1) is 12.1. The van der Waals surface area contributed by atoms with E-state index in [1.54, 1.807) is 11.2 Å². The number of amides is 1. The minimum absolute atomic E-state index is 0.00874. The summed E-state index contributed by atoms with van der Waals surface area (Å²) in [6.07, 6.45) is 1.63. The molecule has 3 aromatic rings. The van der Waals surface area contributed by atoms with Crippen molar-refractivity contribution in [3.63, 3.8) is 0 Å². The van der Waals surface area contributed by atoms with E-state index in [1.807, 2.05) is 85.7 Å². The highest BCUT2D eigenvalue weighted by molar-refractivity contribution is 5.94. The third-order valence-corrected chi connectivity index (χ3v) is 4.06. The van der Waals surface area contributed by atoms with Gasteiger partial charge in [0, 0.05) is 31.9 Å². The van der Waals surface area contributed by atoms with Crippen LogP contribution in [0.15, 0.2) is 77.4 Å². The average molecular weight is 334 g/mol. The molecule has 0 N–H and O–H groups in total. The molecule has 0 aliphatic rings. The van der Waals surface area contributed by atoms with E-state index in [4.69, 9.17) is 4.42 Å². The molecular weight excluding hydrogens is 312 g/mol. The van der Waals surface area contributed by atoms with Crippen molar-refractivity contribution in [2.24, 2.45) is 0 Å². The predicted octanol–water partition coefficient (Wildman–Crippen LogP) is 4.19. The topological polar surface area (TPSA) is 36.7 Å². The van der Waals surface area contributed by atoms with E-state index in [2.05, 4.69) is 0 Å². The van der Waals surface area contributed by atoms with E-state index in [0.29, 0.717) is 18.7 Å². The van der Waals surface area contributed by atoms with Crippen LogP contribution in [0, 0.1) is 0 Å². The number of hydrogen-bond acceptors (Lipinski definition) is 3. The smallest absolute Gasteiger partial charge is 0.254 e. The maximum Gasteiger partial charge on any atom is 0.254 e. The Kier molecular flexibility index (Phi) is 5.19. The number of benzene rings is 2. The molecule has 0 aliphatic carbocycles. The van der Waals surface area contributed by atoms with E-state index in [1.165, 1.54) is 0 Å². The van der Waals surface area contributed by atoms with Crippen LogP contribution in [0.25, 0.3) is 0 Å². The monoisotopic (exact) mass is 334 g/mol. The van der Waals surface area contributed by atoms with Gasteiger partial charge in [0.1, 0.15) is 5.76 Å². The third kappa shape index (κ3) is 4.29. The molecule has 1 heterocycles. The van der Waals surface area contributed by atoms with Crippen LogP contribution < -0.4 is 4.90 Å². The number of rotatable bonds is 6. The van der Waals surface area contributed by atoms with Gasteiger partial charge in [-0.15, -0.1) is 0 Å². The molecule has 25 heavy (non-hydrogen) atoms. The highest BCUT2D eigenvalue weighted by atomic mass is 16.3. The molecule has 0 spiro atoms. The quantitative estimate of drug-likeness (QED) is 0.678. The van der Waals surface area contributed by atoms with Crippen molar-refractivity contribution in [3.8, 4) is 0 Å². The molecule has 0 aliphatic heterocycles. The number of carbonyl (C=O) groups is 1. The van der Waals surface area contributed by atoms with Gasteiger partial charge < -0.3 is 14.2 Å². The summed E-state index contributed by atoms with van der Waals surface area (Å²) < 4.78 is 5.44. The number of furan rings is 1. The standard InChI is InChI=1S/C21H22N2O2/c1-22(2)19-12-10-18(11-13-19)21(24)23(16-20-9-6-14-25-20)15-17-7-4-3-5-8-17/h3-14H,15-16H2,1-2H3. The van der Waals surface area contributed by atoms with E-state index >= 15 is 0 Å². The lowest BCUT2D eigenvalue weighted by molar-refractivity contribution is 0.0717. The molecule has 3 rings (SSSR count). The molecule has 0 atom stereocenters. The van der Waals surface area contributed by atoms with Gasteiger partial charge in [0.25, 0.3) is 5.91 Å². The fourth-order valence-electron chi connectivity index (χ4n) is 2.68. The first-order valence-electron chi connectivity index (χ1n) is 8.26. The summed E-state index contributed by atoms with van der Waals surface area (Å²) in [5.74, 6) is 0.764. The van der Waals surface area contributed by atoms with Gasteiger partial charge in [0.05, 0.1) is 12.8 Å². The zero-order valence-corrected chi connectivity index (χ0v) is 14.6. The van der Waals surface area contributed by atoms with Gasteiger partial charge >= 0.3 is 0 Å². The largest absolute Gasteiger partial charge is 0.467 e. The van der Waals surface area contributed by atoms with Crippen molar-refractivity contribution in [2.75, 3.05) is 19.0 Å². The second kappa shape index (κ2) is 7.71. The lowest BCUT2D eigenvalue weighted by atomic mass is 10.1. The van der Waals surface area contributed by atoms with Gasteiger partial charge in [-0.2, -0.15) is 0 Å². The summed E-state index contributed by atoms with van der Waals surface area (Å²) in [7, 11) is 3.96.